The van der Waals surface area contributed by atoms with Gasteiger partial charge in [-0.15, -0.1) is 14.9 Å². The van der Waals surface area contributed by atoms with E-state index >= 15 is 0 Å². The number of nitrogens with zero attached hydrogens (tertiary/aromatic N) is 7. The zero-order chi connectivity index (χ0) is 18.3. The molecule has 0 bridgehead atoms. The SMILES string of the molecule is [3H]c1ccc(OCc2c(C3CC3)nnnc2-n2nnn(C)c2=O)c(C)c1. The standard InChI is InChI=1S/C16H17N7O2/c1-10-5-3-4-6-13(10)25-9-12-14(11-7-8-11)17-19-18-15(12)23-16(24)22(2)20-21-23/h3-6,11H,7-9H2,1-2H3/i3T. The first kappa shape index (κ1) is 14.3. The maximum absolute atomic E-state index is 12.2. The van der Waals surface area contributed by atoms with Crippen molar-refractivity contribution in [2.45, 2.75) is 32.3 Å². The topological polar surface area (TPSA) is 101 Å². The van der Waals surface area contributed by atoms with Crippen LogP contribution in [0.3, 0.4) is 0 Å². The van der Waals surface area contributed by atoms with Crippen molar-refractivity contribution in [3.8, 4) is 11.6 Å². The van der Waals surface area contributed by atoms with Gasteiger partial charge in [0.1, 0.15) is 12.4 Å². The Kier molecular flexibility index (Phi) is 3.47. The highest BCUT2D eigenvalue weighted by Gasteiger charge is 2.31. The monoisotopic (exact) mass is 341 g/mol. The molecule has 0 spiro atoms. The van der Waals surface area contributed by atoms with Crippen LogP contribution in [-0.2, 0) is 13.7 Å². The molecular weight excluding hydrogens is 322 g/mol. The summed E-state index contributed by atoms with van der Waals surface area (Å²) in [4.78, 5) is 12.2. The summed E-state index contributed by atoms with van der Waals surface area (Å²) in [6.07, 6.45) is 2.04. The number of hydrogen-bond donors (Lipinski definition) is 0. The maximum atomic E-state index is 12.2. The molecule has 0 N–H and O–H groups in total. The molecule has 1 fully saturated rings. The van der Waals surface area contributed by atoms with Gasteiger partial charge in [0.05, 0.1) is 12.6 Å². The molecule has 1 aliphatic rings. The van der Waals surface area contributed by atoms with E-state index in [9.17, 15) is 4.79 Å². The lowest BCUT2D eigenvalue weighted by Crippen LogP contribution is -2.25. The van der Waals surface area contributed by atoms with E-state index in [1.807, 2.05) is 6.92 Å². The lowest BCUT2D eigenvalue weighted by Gasteiger charge is -2.13. The van der Waals surface area contributed by atoms with Crippen molar-refractivity contribution in [1.29, 1.82) is 0 Å². The number of tetrazole rings is 1. The van der Waals surface area contributed by atoms with Gasteiger partial charge in [0.25, 0.3) is 0 Å². The van der Waals surface area contributed by atoms with Crippen LogP contribution in [0.5, 0.6) is 5.75 Å². The van der Waals surface area contributed by atoms with Gasteiger partial charge in [-0.2, -0.15) is 4.68 Å². The largest absolute Gasteiger partial charge is 0.488 e. The summed E-state index contributed by atoms with van der Waals surface area (Å²) in [5.41, 5.74) is 1.91. The van der Waals surface area contributed by atoms with Gasteiger partial charge < -0.3 is 4.74 Å². The first-order valence-corrected chi connectivity index (χ1v) is 7.96. The number of ether oxygens (including phenoxy) is 1. The number of hydrogen-bond acceptors (Lipinski definition) is 7. The van der Waals surface area contributed by atoms with Gasteiger partial charge in [-0.05, 0) is 47.0 Å². The van der Waals surface area contributed by atoms with E-state index < -0.39 is 5.69 Å². The van der Waals surface area contributed by atoms with E-state index in [-0.39, 0.29) is 12.4 Å². The Morgan fingerprint density at radius 1 is 1.32 bits per heavy atom. The highest BCUT2D eigenvalue weighted by molar-refractivity contribution is 5.38. The third-order valence-corrected chi connectivity index (χ3v) is 4.15. The highest BCUT2D eigenvalue weighted by Crippen LogP contribution is 2.41. The van der Waals surface area contributed by atoms with E-state index in [1.165, 1.54) is 7.05 Å². The summed E-state index contributed by atoms with van der Waals surface area (Å²) in [6, 6.07) is 5.58. The van der Waals surface area contributed by atoms with Gasteiger partial charge in [0, 0.05) is 13.0 Å². The predicted molar refractivity (Wildman–Crippen MR) is 87.5 cm³/mol. The maximum Gasteiger partial charge on any atom is 0.369 e. The Labute approximate surface area is 144 Å². The molecule has 3 aromatic rings. The summed E-state index contributed by atoms with van der Waals surface area (Å²) >= 11 is 0. The van der Waals surface area contributed by atoms with Crippen LogP contribution in [0.2, 0.25) is 0 Å². The number of aromatic nitrogens is 7. The van der Waals surface area contributed by atoms with Crippen LogP contribution in [-0.4, -0.2) is 35.2 Å². The normalized spacial score (nSPS) is 14.4. The fourth-order valence-corrected chi connectivity index (χ4v) is 2.60. The Morgan fingerprint density at radius 2 is 2.16 bits per heavy atom. The molecule has 9 heteroatoms. The first-order chi connectivity index (χ1) is 12.5. The summed E-state index contributed by atoms with van der Waals surface area (Å²) in [5, 5.41) is 19.6. The van der Waals surface area contributed by atoms with Gasteiger partial charge in [0.2, 0.25) is 0 Å². The van der Waals surface area contributed by atoms with Crippen LogP contribution < -0.4 is 10.4 Å². The zero-order valence-corrected chi connectivity index (χ0v) is 13.9. The van der Waals surface area contributed by atoms with Crippen LogP contribution in [0.1, 0.15) is 37.0 Å². The van der Waals surface area contributed by atoms with Crippen LogP contribution in [0.15, 0.2) is 29.0 Å². The summed E-state index contributed by atoms with van der Waals surface area (Å²) in [6.45, 7) is 2.05. The smallest absolute Gasteiger partial charge is 0.369 e. The van der Waals surface area contributed by atoms with E-state index in [4.69, 9.17) is 6.11 Å². The average Bonchev–Trinajstić information content (AvgIpc) is 3.41. The summed E-state index contributed by atoms with van der Waals surface area (Å²) in [5.74, 6) is 1.25. The first-order valence-electron chi connectivity index (χ1n) is 8.46. The third kappa shape index (κ3) is 2.88. The second-order valence-corrected chi connectivity index (χ2v) is 6.03. The molecule has 0 radical (unpaired) electrons. The summed E-state index contributed by atoms with van der Waals surface area (Å²) in [7, 11) is 1.52. The molecular formula is C16H17N7O2. The van der Waals surface area contributed by atoms with Crippen molar-refractivity contribution in [2.24, 2.45) is 7.05 Å². The van der Waals surface area contributed by atoms with Crippen LogP contribution in [0.25, 0.3) is 5.82 Å². The van der Waals surface area contributed by atoms with E-state index in [1.54, 1.807) is 18.2 Å². The van der Waals surface area contributed by atoms with Gasteiger partial charge in [0.15, 0.2) is 5.82 Å². The molecule has 9 nitrogen and oxygen atoms in total. The van der Waals surface area contributed by atoms with Crippen molar-refractivity contribution >= 4 is 0 Å². The summed E-state index contributed by atoms with van der Waals surface area (Å²) < 4.78 is 15.8. The van der Waals surface area contributed by atoms with Crippen LogP contribution >= 0.6 is 0 Å². The number of benzene rings is 1. The van der Waals surface area contributed by atoms with Gasteiger partial charge in [-0.25, -0.2) is 4.79 Å². The van der Waals surface area contributed by atoms with Gasteiger partial charge >= 0.3 is 5.69 Å². The van der Waals surface area contributed by atoms with Crippen LogP contribution in [0, 0.1) is 6.92 Å². The molecule has 25 heavy (non-hydrogen) atoms. The van der Waals surface area contributed by atoms with Gasteiger partial charge in [-0.1, -0.05) is 18.2 Å². The molecule has 0 aliphatic heterocycles. The molecule has 4 rings (SSSR count). The zero-order valence-electron chi connectivity index (χ0n) is 14.9. The molecule has 1 saturated carbocycles. The van der Waals surface area contributed by atoms with Crippen molar-refractivity contribution < 1.29 is 6.11 Å². The van der Waals surface area contributed by atoms with E-state index in [0.29, 0.717) is 23.3 Å². The van der Waals surface area contributed by atoms with Crippen LogP contribution in [0.4, 0.5) is 0 Å². The minimum absolute atomic E-state index is 0.172. The Morgan fingerprint density at radius 3 is 2.84 bits per heavy atom. The van der Waals surface area contributed by atoms with Crippen molar-refractivity contribution in [1.82, 2.24) is 35.2 Å². The Balaban J connectivity index is 1.73. The molecule has 1 aromatic carbocycles. The fraction of sp³-hybridized carbons (Fsp3) is 0.375. The third-order valence-electron chi connectivity index (χ3n) is 4.15. The molecule has 0 amide bonds. The molecule has 0 saturated heterocycles. The van der Waals surface area contributed by atoms with Crippen molar-refractivity contribution in [3.63, 3.8) is 0 Å². The number of para-hydroxylation sites is 1. The minimum Gasteiger partial charge on any atom is -0.488 e. The van der Waals surface area contributed by atoms with Gasteiger partial charge in [-0.3, -0.25) is 0 Å². The highest BCUT2D eigenvalue weighted by atomic mass is 16.5. The lowest BCUT2D eigenvalue weighted by atomic mass is 10.1. The second kappa shape index (κ2) is 6.08. The fourth-order valence-electron chi connectivity index (χ4n) is 2.60. The second-order valence-electron chi connectivity index (χ2n) is 6.03. The lowest BCUT2D eigenvalue weighted by molar-refractivity contribution is 0.300. The Hall–Kier alpha value is -3.10. The predicted octanol–water partition coefficient (Wildman–Crippen LogP) is 0.916. The molecule has 2 aromatic heterocycles. The Bertz CT molecular complexity index is 1030. The minimum atomic E-state index is -0.414. The molecule has 0 atom stereocenters. The molecule has 128 valence electrons. The van der Waals surface area contributed by atoms with Crippen molar-refractivity contribution in [3.05, 3.63) is 51.5 Å². The van der Waals surface area contributed by atoms with Crippen molar-refractivity contribution in [2.75, 3.05) is 0 Å². The molecule has 2 heterocycles. The van der Waals surface area contributed by atoms with E-state index in [0.717, 1.165) is 33.5 Å². The van der Waals surface area contributed by atoms with E-state index in [2.05, 4.69) is 25.8 Å². The number of rotatable bonds is 5. The molecule has 0 unspecified atom stereocenters. The average molecular weight is 341 g/mol. The number of aryl methyl sites for hydroxylation is 2. The molecule has 1 aliphatic carbocycles. The quantitative estimate of drug-likeness (QED) is 0.680.